The largest absolute Gasteiger partial charge is 0.355 e. The zero-order valence-corrected chi connectivity index (χ0v) is 9.06. The van der Waals surface area contributed by atoms with Crippen LogP contribution < -0.4 is 5.32 Å². The lowest BCUT2D eigenvalue weighted by Gasteiger charge is -2.03. The number of rotatable bonds is 3. The van der Waals surface area contributed by atoms with E-state index in [-0.39, 0.29) is 5.91 Å². The fraction of sp³-hybridized carbons (Fsp3) is 0.400. The number of hydrogen-bond acceptors (Lipinski definition) is 2. The Morgan fingerprint density at radius 2 is 2.29 bits per heavy atom. The van der Waals surface area contributed by atoms with E-state index in [4.69, 9.17) is 11.6 Å². The van der Waals surface area contributed by atoms with E-state index in [1.807, 2.05) is 0 Å². The average Bonchev–Trinajstić information content (AvgIpc) is 2.16. The maximum absolute atomic E-state index is 11.3. The molecule has 76 valence electrons. The zero-order chi connectivity index (χ0) is 10.6. The van der Waals surface area contributed by atoms with Gasteiger partial charge < -0.3 is 5.32 Å². The molecular formula is C10H13ClN2O. The van der Waals surface area contributed by atoms with Gasteiger partial charge >= 0.3 is 0 Å². The van der Waals surface area contributed by atoms with Crippen LogP contribution in [0.25, 0.3) is 0 Å². The Kier molecular flexibility index (Phi) is 3.89. The smallest absolute Gasteiger partial charge is 0.251 e. The van der Waals surface area contributed by atoms with Crippen LogP contribution in [0.15, 0.2) is 12.1 Å². The van der Waals surface area contributed by atoms with Crippen LogP contribution in [-0.4, -0.2) is 17.9 Å². The Morgan fingerprint density at radius 3 is 2.86 bits per heavy atom. The highest BCUT2D eigenvalue weighted by atomic mass is 35.5. The molecule has 1 amide bonds. The number of hydrogen-bond donors (Lipinski definition) is 1. The summed E-state index contributed by atoms with van der Waals surface area (Å²) in [6, 6.07) is 3.34. The molecule has 0 spiro atoms. The van der Waals surface area contributed by atoms with Crippen LogP contribution >= 0.6 is 11.6 Å². The maximum Gasteiger partial charge on any atom is 0.251 e. The molecule has 0 bridgehead atoms. The minimum atomic E-state index is -0.133. The van der Waals surface area contributed by atoms with Crippen molar-refractivity contribution in [2.75, 3.05) is 7.05 Å². The molecule has 3 nitrogen and oxygen atoms in total. The van der Waals surface area contributed by atoms with Gasteiger partial charge in [0.1, 0.15) is 5.15 Å². The monoisotopic (exact) mass is 212 g/mol. The number of pyridine rings is 1. The Morgan fingerprint density at radius 1 is 1.57 bits per heavy atom. The summed E-state index contributed by atoms with van der Waals surface area (Å²) in [5.41, 5.74) is 1.43. The Bertz CT molecular complexity index is 339. The van der Waals surface area contributed by atoms with Crippen LogP contribution in [0.4, 0.5) is 0 Å². The highest BCUT2D eigenvalue weighted by molar-refractivity contribution is 6.29. The second-order valence-corrected chi connectivity index (χ2v) is 3.39. The van der Waals surface area contributed by atoms with Gasteiger partial charge in [0.25, 0.3) is 5.91 Å². The predicted octanol–water partition coefficient (Wildman–Crippen LogP) is 2.05. The zero-order valence-electron chi connectivity index (χ0n) is 8.30. The molecule has 0 aromatic carbocycles. The number of nitrogens with one attached hydrogen (secondary N) is 1. The van der Waals surface area contributed by atoms with Gasteiger partial charge in [-0.15, -0.1) is 0 Å². The van der Waals surface area contributed by atoms with Crippen molar-refractivity contribution in [2.24, 2.45) is 0 Å². The van der Waals surface area contributed by atoms with Crippen molar-refractivity contribution >= 4 is 17.5 Å². The van der Waals surface area contributed by atoms with Gasteiger partial charge in [-0.2, -0.15) is 0 Å². The highest BCUT2D eigenvalue weighted by Crippen LogP contribution is 2.12. The summed E-state index contributed by atoms with van der Waals surface area (Å²) in [5, 5.41) is 2.92. The van der Waals surface area contributed by atoms with E-state index >= 15 is 0 Å². The predicted molar refractivity (Wildman–Crippen MR) is 56.6 cm³/mol. The van der Waals surface area contributed by atoms with Gasteiger partial charge in [0.05, 0.1) is 0 Å². The third-order valence-corrected chi connectivity index (χ3v) is 2.04. The van der Waals surface area contributed by atoms with Gasteiger partial charge in [0, 0.05) is 18.3 Å². The average molecular weight is 213 g/mol. The first-order valence-electron chi connectivity index (χ1n) is 4.56. The van der Waals surface area contributed by atoms with Gasteiger partial charge in [-0.3, -0.25) is 4.79 Å². The van der Waals surface area contributed by atoms with E-state index in [9.17, 15) is 4.79 Å². The minimum absolute atomic E-state index is 0.133. The molecule has 1 aromatic heterocycles. The molecule has 0 fully saturated rings. The molecule has 1 rings (SSSR count). The van der Waals surface area contributed by atoms with E-state index < -0.39 is 0 Å². The Balaban J connectivity index is 3.00. The van der Waals surface area contributed by atoms with E-state index in [2.05, 4.69) is 17.2 Å². The SMILES string of the molecule is CCCc1cc(C(=O)NC)cc(Cl)n1. The van der Waals surface area contributed by atoms with Crippen molar-refractivity contribution in [3.63, 3.8) is 0 Å². The number of aryl methyl sites for hydroxylation is 1. The first-order chi connectivity index (χ1) is 6.67. The topological polar surface area (TPSA) is 42.0 Å². The van der Waals surface area contributed by atoms with Crippen molar-refractivity contribution in [2.45, 2.75) is 19.8 Å². The van der Waals surface area contributed by atoms with Crippen molar-refractivity contribution in [1.29, 1.82) is 0 Å². The number of halogens is 1. The van der Waals surface area contributed by atoms with Crippen molar-refractivity contribution in [3.8, 4) is 0 Å². The van der Waals surface area contributed by atoms with Gasteiger partial charge in [-0.25, -0.2) is 4.98 Å². The Hall–Kier alpha value is -1.09. The standard InChI is InChI=1S/C10H13ClN2O/c1-3-4-8-5-7(10(14)12-2)6-9(11)13-8/h5-6H,3-4H2,1-2H3,(H,12,14). The summed E-state index contributed by atoms with van der Waals surface area (Å²) in [6.07, 6.45) is 1.82. The molecule has 0 radical (unpaired) electrons. The molecule has 14 heavy (non-hydrogen) atoms. The minimum Gasteiger partial charge on any atom is -0.355 e. The molecule has 0 atom stereocenters. The van der Waals surface area contributed by atoms with Crippen LogP contribution in [0, 0.1) is 0 Å². The number of nitrogens with zero attached hydrogens (tertiary/aromatic N) is 1. The van der Waals surface area contributed by atoms with Crippen molar-refractivity contribution in [3.05, 3.63) is 28.5 Å². The summed E-state index contributed by atoms with van der Waals surface area (Å²) in [4.78, 5) is 15.5. The summed E-state index contributed by atoms with van der Waals surface area (Å²) < 4.78 is 0. The van der Waals surface area contributed by atoms with Crippen LogP contribution in [0.1, 0.15) is 29.4 Å². The highest BCUT2D eigenvalue weighted by Gasteiger charge is 2.06. The summed E-state index contributed by atoms with van der Waals surface area (Å²) in [5.74, 6) is -0.133. The van der Waals surface area contributed by atoms with Crippen LogP contribution in [0.2, 0.25) is 5.15 Å². The number of carbonyl (C=O) groups excluding carboxylic acids is 1. The molecule has 0 saturated heterocycles. The van der Waals surface area contributed by atoms with E-state index in [1.54, 1.807) is 19.2 Å². The third-order valence-electron chi connectivity index (χ3n) is 1.84. The van der Waals surface area contributed by atoms with Gasteiger partial charge in [-0.1, -0.05) is 24.9 Å². The lowest BCUT2D eigenvalue weighted by atomic mass is 10.1. The van der Waals surface area contributed by atoms with E-state index in [0.717, 1.165) is 18.5 Å². The fourth-order valence-corrected chi connectivity index (χ4v) is 1.44. The van der Waals surface area contributed by atoms with Gasteiger partial charge in [0.15, 0.2) is 0 Å². The molecule has 1 heterocycles. The molecule has 0 aliphatic rings. The molecule has 4 heteroatoms. The molecule has 1 N–H and O–H groups in total. The lowest BCUT2D eigenvalue weighted by Crippen LogP contribution is -2.18. The summed E-state index contributed by atoms with van der Waals surface area (Å²) in [7, 11) is 1.59. The number of aromatic nitrogens is 1. The first kappa shape index (κ1) is 11.0. The van der Waals surface area contributed by atoms with Gasteiger partial charge in [-0.05, 0) is 18.6 Å². The molecule has 0 aliphatic heterocycles. The third kappa shape index (κ3) is 2.70. The van der Waals surface area contributed by atoms with E-state index in [1.165, 1.54) is 0 Å². The quantitative estimate of drug-likeness (QED) is 0.780. The molecular weight excluding hydrogens is 200 g/mol. The van der Waals surface area contributed by atoms with Gasteiger partial charge in [0.2, 0.25) is 0 Å². The molecule has 0 saturated carbocycles. The maximum atomic E-state index is 11.3. The molecule has 0 unspecified atom stereocenters. The molecule has 0 aliphatic carbocycles. The fourth-order valence-electron chi connectivity index (χ4n) is 1.21. The second kappa shape index (κ2) is 4.96. The van der Waals surface area contributed by atoms with E-state index in [0.29, 0.717) is 10.7 Å². The number of amides is 1. The van der Waals surface area contributed by atoms with Crippen LogP contribution in [-0.2, 0) is 6.42 Å². The van der Waals surface area contributed by atoms with Crippen molar-refractivity contribution in [1.82, 2.24) is 10.3 Å². The van der Waals surface area contributed by atoms with Crippen LogP contribution in [0.3, 0.4) is 0 Å². The number of carbonyl (C=O) groups is 1. The second-order valence-electron chi connectivity index (χ2n) is 3.00. The molecule has 1 aromatic rings. The van der Waals surface area contributed by atoms with Crippen molar-refractivity contribution < 1.29 is 4.79 Å². The Labute approximate surface area is 88.5 Å². The summed E-state index contributed by atoms with van der Waals surface area (Å²) in [6.45, 7) is 2.06. The normalized spacial score (nSPS) is 9.93. The lowest BCUT2D eigenvalue weighted by molar-refractivity contribution is 0.0963. The summed E-state index contributed by atoms with van der Waals surface area (Å²) >= 11 is 5.80. The van der Waals surface area contributed by atoms with Crippen LogP contribution in [0.5, 0.6) is 0 Å². The first-order valence-corrected chi connectivity index (χ1v) is 4.93.